The van der Waals surface area contributed by atoms with E-state index in [4.69, 9.17) is 0 Å². The average molecular weight is 454 g/mol. The summed E-state index contributed by atoms with van der Waals surface area (Å²) in [5.74, 6) is -1.02. The van der Waals surface area contributed by atoms with Gasteiger partial charge in [0.05, 0.1) is 0 Å². The number of fused-ring (bicyclic) bond motifs is 1. The molecule has 2 N–H and O–H groups in total. The van der Waals surface area contributed by atoms with E-state index >= 15 is 0 Å². The van der Waals surface area contributed by atoms with Crippen LogP contribution in [0.25, 0.3) is 6.08 Å². The molecule has 0 radical (unpaired) electrons. The summed E-state index contributed by atoms with van der Waals surface area (Å²) in [5.41, 5.74) is -2.26. The van der Waals surface area contributed by atoms with E-state index in [-0.39, 0.29) is 16.9 Å². The van der Waals surface area contributed by atoms with E-state index in [1.54, 1.807) is 0 Å². The molecule has 14 heteroatoms. The third-order valence-corrected chi connectivity index (χ3v) is 5.56. The summed E-state index contributed by atoms with van der Waals surface area (Å²) < 4.78 is 104. The zero-order valence-electron chi connectivity index (χ0n) is 14.8. The Morgan fingerprint density at radius 3 is 2.50 bits per heavy atom. The van der Waals surface area contributed by atoms with Crippen molar-refractivity contribution in [3.8, 4) is 0 Å². The van der Waals surface area contributed by atoms with Gasteiger partial charge >= 0.3 is 12.4 Å². The minimum absolute atomic E-state index is 0.288. The van der Waals surface area contributed by atoms with Crippen LogP contribution < -0.4 is 10.0 Å². The summed E-state index contributed by atoms with van der Waals surface area (Å²) >= 11 is 0. The Hall–Kier alpha value is -2.87. The third kappa shape index (κ3) is 4.18. The second-order valence-corrected chi connectivity index (χ2v) is 7.93. The molecule has 0 saturated carbocycles. The van der Waals surface area contributed by atoms with E-state index in [2.05, 4.69) is 10.3 Å². The number of pyridine rings is 1. The van der Waals surface area contributed by atoms with Crippen molar-refractivity contribution in [2.45, 2.75) is 23.3 Å². The Morgan fingerprint density at radius 1 is 1.23 bits per heavy atom. The van der Waals surface area contributed by atoms with Crippen molar-refractivity contribution in [2.24, 2.45) is 7.05 Å². The molecule has 2 aromatic rings. The molecule has 1 aliphatic rings. The number of halogens is 6. The summed E-state index contributed by atoms with van der Waals surface area (Å²) in [6, 6.07) is -0.874. The first-order chi connectivity index (χ1) is 13.7. The normalized spacial score (nSPS) is 18.6. The second-order valence-electron chi connectivity index (χ2n) is 6.25. The second kappa shape index (κ2) is 7.12. The van der Waals surface area contributed by atoms with Gasteiger partial charge in [-0.25, -0.2) is 8.42 Å². The van der Waals surface area contributed by atoms with Crippen molar-refractivity contribution in [1.82, 2.24) is 14.3 Å². The highest BCUT2D eigenvalue weighted by Crippen LogP contribution is 2.32. The number of alkyl halides is 6. The molecule has 0 bridgehead atoms. The average Bonchev–Trinajstić information content (AvgIpc) is 2.87. The van der Waals surface area contributed by atoms with Gasteiger partial charge < -0.3 is 9.88 Å². The van der Waals surface area contributed by atoms with E-state index in [1.165, 1.54) is 11.8 Å². The first kappa shape index (κ1) is 21.8. The molecule has 7 nitrogen and oxygen atoms in total. The van der Waals surface area contributed by atoms with Gasteiger partial charge in [-0.2, -0.15) is 31.1 Å². The molecule has 1 atom stereocenters. The molecule has 1 aliphatic heterocycles. The van der Waals surface area contributed by atoms with Crippen LogP contribution in [0, 0.1) is 0 Å². The third-order valence-electron chi connectivity index (χ3n) is 4.09. The van der Waals surface area contributed by atoms with Gasteiger partial charge in [0.15, 0.2) is 0 Å². The number of aromatic nitrogens is 2. The number of aryl methyl sites for hydroxylation is 1. The highest BCUT2D eigenvalue weighted by atomic mass is 32.2. The molecular weight excluding hydrogens is 442 g/mol. The lowest BCUT2D eigenvalue weighted by atomic mass is 10.1. The Labute approximate surface area is 165 Å². The molecule has 3 heterocycles. The van der Waals surface area contributed by atoms with Crippen LogP contribution in [-0.2, 0) is 23.2 Å². The van der Waals surface area contributed by atoms with Crippen LogP contribution in [0.5, 0.6) is 0 Å². The standard InChI is InChI=1S/C16H12F6N4O3S/c1-26-7-10-9(2-3-11(15(17,18)19)25-30(10,28)29)13(26)14(27)24-8-4-5-23-12(6-8)16(20,21)22/h2-7,11,25H,1H3,(H,23,24,27). The summed E-state index contributed by atoms with van der Waals surface area (Å²) in [4.78, 5) is 15.2. The predicted octanol–water partition coefficient (Wildman–Crippen LogP) is 2.93. The number of hydrogen-bond donors (Lipinski definition) is 2. The smallest absolute Gasteiger partial charge is 0.345 e. The number of carbonyl (C=O) groups is 1. The largest absolute Gasteiger partial charge is 0.433 e. The number of carbonyl (C=O) groups excluding carboxylic acids is 1. The number of nitrogens with zero attached hydrogens (tertiary/aromatic N) is 2. The molecule has 0 aromatic carbocycles. The number of hydrogen-bond acceptors (Lipinski definition) is 4. The van der Waals surface area contributed by atoms with Gasteiger partial charge in [0.2, 0.25) is 10.0 Å². The van der Waals surface area contributed by atoms with Gasteiger partial charge in [-0.3, -0.25) is 9.78 Å². The maximum absolute atomic E-state index is 13.0. The fraction of sp³-hybridized carbons (Fsp3) is 0.250. The first-order valence-corrected chi connectivity index (χ1v) is 9.49. The van der Waals surface area contributed by atoms with E-state index in [9.17, 15) is 39.6 Å². The molecule has 0 saturated heterocycles. The summed E-state index contributed by atoms with van der Waals surface area (Å²) in [6.07, 6.45) is -6.57. The number of sulfonamides is 1. The van der Waals surface area contributed by atoms with Gasteiger partial charge in [-0.15, -0.1) is 0 Å². The fourth-order valence-corrected chi connectivity index (χ4v) is 4.19. The number of rotatable bonds is 2. The molecule has 30 heavy (non-hydrogen) atoms. The van der Waals surface area contributed by atoms with Crippen LogP contribution in [0.15, 0.2) is 35.5 Å². The van der Waals surface area contributed by atoms with Crippen LogP contribution in [0.3, 0.4) is 0 Å². The highest BCUT2D eigenvalue weighted by Gasteiger charge is 2.43. The Morgan fingerprint density at radius 2 is 1.90 bits per heavy atom. The number of nitrogens with one attached hydrogen (secondary N) is 2. The Balaban J connectivity index is 2.02. The van der Waals surface area contributed by atoms with Crippen molar-refractivity contribution in [2.75, 3.05) is 5.32 Å². The minimum atomic E-state index is -4.91. The van der Waals surface area contributed by atoms with Crippen molar-refractivity contribution < 1.29 is 39.6 Å². The fourth-order valence-electron chi connectivity index (χ4n) is 2.77. The Bertz CT molecular complexity index is 1130. The van der Waals surface area contributed by atoms with Crippen LogP contribution in [-0.4, -0.2) is 36.1 Å². The van der Waals surface area contributed by atoms with E-state index in [0.29, 0.717) is 12.1 Å². The van der Waals surface area contributed by atoms with Gasteiger partial charge in [0, 0.05) is 30.7 Å². The zero-order valence-corrected chi connectivity index (χ0v) is 15.7. The lowest BCUT2D eigenvalue weighted by molar-refractivity contribution is -0.141. The zero-order chi connectivity index (χ0) is 22.5. The maximum Gasteiger partial charge on any atom is 0.433 e. The van der Waals surface area contributed by atoms with Crippen LogP contribution >= 0.6 is 0 Å². The molecule has 0 fully saturated rings. The minimum Gasteiger partial charge on any atom is -0.345 e. The molecule has 1 unspecified atom stereocenters. The van der Waals surface area contributed by atoms with Crippen molar-refractivity contribution in [3.63, 3.8) is 0 Å². The quantitative estimate of drug-likeness (QED) is 0.683. The Kier molecular flexibility index (Phi) is 5.18. The van der Waals surface area contributed by atoms with Gasteiger partial charge in [-0.1, -0.05) is 12.2 Å². The van der Waals surface area contributed by atoms with Crippen LogP contribution in [0.4, 0.5) is 32.0 Å². The lowest BCUT2D eigenvalue weighted by Gasteiger charge is -2.16. The maximum atomic E-state index is 13.0. The van der Waals surface area contributed by atoms with Gasteiger partial charge in [0.25, 0.3) is 5.91 Å². The molecule has 0 spiro atoms. The van der Waals surface area contributed by atoms with E-state index < -0.39 is 44.9 Å². The number of anilines is 1. The van der Waals surface area contributed by atoms with Crippen LogP contribution in [0.2, 0.25) is 0 Å². The van der Waals surface area contributed by atoms with Gasteiger partial charge in [-0.05, 0) is 12.1 Å². The summed E-state index contributed by atoms with van der Waals surface area (Å²) in [5, 5.41) is 2.17. The molecule has 1 amide bonds. The number of amides is 1. The monoisotopic (exact) mass is 454 g/mol. The van der Waals surface area contributed by atoms with Crippen LogP contribution in [0.1, 0.15) is 21.7 Å². The molecule has 0 aliphatic carbocycles. The summed E-state index contributed by atoms with van der Waals surface area (Å²) in [6.45, 7) is 0. The topological polar surface area (TPSA) is 93.1 Å². The van der Waals surface area contributed by atoms with Gasteiger partial charge in [0.1, 0.15) is 22.3 Å². The SMILES string of the molecule is Cn1cc2c(c1C(=O)Nc1ccnc(C(F)(F)F)c1)C=CC(C(F)(F)F)NS2(=O)=O. The highest BCUT2D eigenvalue weighted by molar-refractivity contribution is 7.89. The summed E-state index contributed by atoms with van der Waals surface area (Å²) in [7, 11) is -3.37. The molecule has 2 aromatic heterocycles. The van der Waals surface area contributed by atoms with Crippen molar-refractivity contribution >= 4 is 27.7 Å². The molecule has 3 rings (SSSR count). The molecular formula is C16H12F6N4O3S. The van der Waals surface area contributed by atoms with Crippen molar-refractivity contribution in [1.29, 1.82) is 0 Å². The van der Waals surface area contributed by atoms with E-state index in [1.807, 2.05) is 0 Å². The molecule has 162 valence electrons. The first-order valence-electron chi connectivity index (χ1n) is 8.01. The lowest BCUT2D eigenvalue weighted by Crippen LogP contribution is -2.43. The predicted molar refractivity (Wildman–Crippen MR) is 91.8 cm³/mol. The van der Waals surface area contributed by atoms with Crippen molar-refractivity contribution in [3.05, 3.63) is 47.6 Å². The van der Waals surface area contributed by atoms with E-state index in [0.717, 1.165) is 29.1 Å².